The van der Waals surface area contributed by atoms with Crippen molar-refractivity contribution < 1.29 is 14.3 Å². The summed E-state index contributed by atoms with van der Waals surface area (Å²) in [6.07, 6.45) is 7.08. The average molecular weight is 198 g/mol. The molecule has 0 amide bonds. The van der Waals surface area contributed by atoms with E-state index in [0.29, 0.717) is 6.61 Å². The molecule has 0 aliphatic heterocycles. The lowest BCUT2D eigenvalue weighted by atomic mass is 10.2. The average Bonchev–Trinajstić information content (AvgIpc) is 2.17. The Morgan fingerprint density at radius 3 is 2.64 bits per heavy atom. The van der Waals surface area contributed by atoms with Crippen LogP contribution in [0.25, 0.3) is 0 Å². The highest BCUT2D eigenvalue weighted by atomic mass is 16.7. The maximum absolute atomic E-state index is 10.6. The molecule has 14 heavy (non-hydrogen) atoms. The number of carbonyl (C=O) groups excluding carboxylic acids is 1. The first-order valence-electron chi connectivity index (χ1n) is 5.12. The van der Waals surface area contributed by atoms with E-state index in [1.54, 1.807) is 6.92 Å². The standard InChI is InChI=1S/C11H18O3/c1-3-5-6-7-8-9-10-14-11(12)13-4-2/h3-8H2,1-2H3. The zero-order valence-electron chi connectivity index (χ0n) is 8.97. The van der Waals surface area contributed by atoms with Crippen molar-refractivity contribution in [1.82, 2.24) is 0 Å². The Morgan fingerprint density at radius 1 is 1.21 bits per heavy atom. The molecule has 0 aromatic heterocycles. The van der Waals surface area contributed by atoms with Gasteiger partial charge in [-0.2, -0.15) is 0 Å². The first-order chi connectivity index (χ1) is 6.81. The zero-order chi connectivity index (χ0) is 10.6. The molecule has 0 bridgehead atoms. The summed E-state index contributed by atoms with van der Waals surface area (Å²) in [5, 5.41) is 0. The van der Waals surface area contributed by atoms with Crippen LogP contribution in [0.15, 0.2) is 0 Å². The van der Waals surface area contributed by atoms with E-state index < -0.39 is 6.16 Å². The zero-order valence-corrected chi connectivity index (χ0v) is 8.97. The van der Waals surface area contributed by atoms with E-state index in [1.165, 1.54) is 19.3 Å². The van der Waals surface area contributed by atoms with Gasteiger partial charge in [-0.25, -0.2) is 4.79 Å². The molecule has 0 saturated heterocycles. The van der Waals surface area contributed by atoms with Gasteiger partial charge < -0.3 is 9.47 Å². The van der Waals surface area contributed by atoms with Gasteiger partial charge in [0.25, 0.3) is 0 Å². The molecule has 0 aliphatic carbocycles. The highest BCUT2D eigenvalue weighted by molar-refractivity contribution is 5.61. The van der Waals surface area contributed by atoms with Crippen LogP contribution >= 0.6 is 0 Å². The van der Waals surface area contributed by atoms with Crippen LogP contribution in [0.5, 0.6) is 0 Å². The smallest absolute Gasteiger partial charge is 0.434 e. The number of hydrogen-bond donors (Lipinski definition) is 0. The van der Waals surface area contributed by atoms with Gasteiger partial charge in [-0.1, -0.05) is 32.1 Å². The second-order valence-corrected chi connectivity index (χ2v) is 2.87. The second kappa shape index (κ2) is 9.91. The minimum absolute atomic E-state index is 0.316. The Kier molecular flexibility index (Phi) is 9.09. The summed E-state index contributed by atoms with van der Waals surface area (Å²) >= 11 is 0. The predicted octanol–water partition coefficient (Wildman–Crippen LogP) is 3.09. The summed E-state index contributed by atoms with van der Waals surface area (Å²) in [5.74, 6) is 2.76. The number of ether oxygens (including phenoxy) is 2. The van der Waals surface area contributed by atoms with Gasteiger partial charge in [-0.15, -0.1) is 0 Å². The molecule has 0 aromatic rings. The topological polar surface area (TPSA) is 35.5 Å². The van der Waals surface area contributed by atoms with E-state index in [1.807, 2.05) is 0 Å². The third kappa shape index (κ3) is 8.92. The Morgan fingerprint density at radius 2 is 2.00 bits per heavy atom. The second-order valence-electron chi connectivity index (χ2n) is 2.87. The maximum atomic E-state index is 10.6. The lowest BCUT2D eigenvalue weighted by Gasteiger charge is -1.94. The summed E-state index contributed by atoms with van der Waals surface area (Å²) in [5.41, 5.74) is 0. The number of rotatable bonds is 5. The highest BCUT2D eigenvalue weighted by Crippen LogP contribution is 2.00. The minimum Gasteiger partial charge on any atom is -0.434 e. The van der Waals surface area contributed by atoms with Crippen molar-refractivity contribution in [3.8, 4) is 12.0 Å². The molecule has 0 aliphatic rings. The van der Waals surface area contributed by atoms with Crippen LogP contribution in [0, 0.1) is 12.0 Å². The van der Waals surface area contributed by atoms with Crippen LogP contribution in [0.3, 0.4) is 0 Å². The van der Waals surface area contributed by atoms with Gasteiger partial charge in [-0.3, -0.25) is 0 Å². The van der Waals surface area contributed by atoms with Gasteiger partial charge in [0, 0.05) is 6.42 Å². The number of hydrogen-bond acceptors (Lipinski definition) is 3. The molecule has 3 heteroatoms. The Balaban J connectivity index is 3.30. The number of unbranched alkanes of at least 4 members (excludes halogenated alkanes) is 4. The molecule has 0 rings (SSSR count). The first kappa shape index (κ1) is 12.8. The van der Waals surface area contributed by atoms with Gasteiger partial charge in [0.2, 0.25) is 0 Å². The largest absolute Gasteiger partial charge is 0.522 e. The van der Waals surface area contributed by atoms with Gasteiger partial charge in [0.15, 0.2) is 0 Å². The predicted molar refractivity (Wildman–Crippen MR) is 54.6 cm³/mol. The van der Waals surface area contributed by atoms with Gasteiger partial charge >= 0.3 is 6.16 Å². The van der Waals surface area contributed by atoms with Gasteiger partial charge in [-0.05, 0) is 13.3 Å². The van der Waals surface area contributed by atoms with E-state index in [4.69, 9.17) is 0 Å². The molecule has 0 N–H and O–H groups in total. The quantitative estimate of drug-likeness (QED) is 0.387. The summed E-state index contributed by atoms with van der Waals surface area (Å²) in [4.78, 5) is 10.6. The lowest BCUT2D eigenvalue weighted by Crippen LogP contribution is -2.02. The van der Waals surface area contributed by atoms with E-state index in [2.05, 4.69) is 28.4 Å². The van der Waals surface area contributed by atoms with Crippen molar-refractivity contribution in [1.29, 1.82) is 0 Å². The molecular formula is C11H18O3. The molecule has 3 nitrogen and oxygen atoms in total. The van der Waals surface area contributed by atoms with E-state index in [0.717, 1.165) is 12.8 Å². The van der Waals surface area contributed by atoms with Crippen molar-refractivity contribution in [3.05, 3.63) is 0 Å². The third-order valence-electron chi connectivity index (χ3n) is 1.62. The van der Waals surface area contributed by atoms with E-state index in [-0.39, 0.29) is 0 Å². The molecular weight excluding hydrogens is 180 g/mol. The van der Waals surface area contributed by atoms with Crippen molar-refractivity contribution in [2.45, 2.75) is 46.0 Å². The summed E-state index contributed by atoms with van der Waals surface area (Å²) < 4.78 is 8.99. The normalized spacial score (nSPS) is 8.71. The maximum Gasteiger partial charge on any atom is 0.522 e. The van der Waals surface area contributed by atoms with Crippen molar-refractivity contribution >= 4 is 6.16 Å². The SMILES string of the molecule is CCCCCCC#COC(=O)OCC. The van der Waals surface area contributed by atoms with Crippen LogP contribution in [-0.4, -0.2) is 12.8 Å². The molecule has 80 valence electrons. The summed E-state index contributed by atoms with van der Waals surface area (Å²) in [6, 6.07) is 0. The van der Waals surface area contributed by atoms with Crippen molar-refractivity contribution in [3.63, 3.8) is 0 Å². The Bertz CT molecular complexity index is 200. The van der Waals surface area contributed by atoms with Crippen LogP contribution in [-0.2, 0) is 9.47 Å². The minimum atomic E-state index is -0.714. The summed E-state index contributed by atoms with van der Waals surface area (Å²) in [7, 11) is 0. The molecule has 0 radical (unpaired) electrons. The first-order valence-corrected chi connectivity index (χ1v) is 5.12. The van der Waals surface area contributed by atoms with Crippen molar-refractivity contribution in [2.24, 2.45) is 0 Å². The lowest BCUT2D eigenvalue weighted by molar-refractivity contribution is 0.0950. The fourth-order valence-corrected chi connectivity index (χ4v) is 0.916. The summed E-state index contributed by atoms with van der Waals surface area (Å²) in [6.45, 7) is 4.20. The third-order valence-corrected chi connectivity index (χ3v) is 1.62. The van der Waals surface area contributed by atoms with Crippen LogP contribution in [0.2, 0.25) is 0 Å². The van der Waals surface area contributed by atoms with Gasteiger partial charge in [0.1, 0.15) is 6.11 Å². The molecule has 0 aromatic carbocycles. The van der Waals surface area contributed by atoms with E-state index in [9.17, 15) is 4.79 Å². The van der Waals surface area contributed by atoms with Crippen LogP contribution in [0.4, 0.5) is 4.79 Å². The fourth-order valence-electron chi connectivity index (χ4n) is 0.916. The van der Waals surface area contributed by atoms with E-state index >= 15 is 0 Å². The van der Waals surface area contributed by atoms with Crippen molar-refractivity contribution in [2.75, 3.05) is 6.61 Å². The monoisotopic (exact) mass is 198 g/mol. The molecule has 0 spiro atoms. The van der Waals surface area contributed by atoms with Crippen LogP contribution < -0.4 is 0 Å². The molecule has 0 fully saturated rings. The van der Waals surface area contributed by atoms with Gasteiger partial charge in [0.05, 0.1) is 6.61 Å². The number of carbonyl (C=O) groups is 1. The molecule has 0 atom stereocenters. The Labute approximate surface area is 85.8 Å². The molecule has 0 heterocycles. The fraction of sp³-hybridized carbons (Fsp3) is 0.727. The molecule has 0 unspecified atom stereocenters. The molecule has 0 saturated carbocycles. The highest BCUT2D eigenvalue weighted by Gasteiger charge is 1.97. The Hall–Kier alpha value is -1.17. The van der Waals surface area contributed by atoms with Crippen LogP contribution in [0.1, 0.15) is 46.0 Å².